The molecule has 1 atom stereocenters. The second kappa shape index (κ2) is 4.53. The molecule has 0 aliphatic rings. The van der Waals surface area contributed by atoms with Crippen molar-refractivity contribution in [2.45, 2.75) is 12.4 Å². The first-order chi connectivity index (χ1) is 6.96. The second-order valence-corrected chi connectivity index (χ2v) is 3.08. The number of anilines is 1. The van der Waals surface area contributed by atoms with Crippen LogP contribution in [-0.4, -0.2) is 26.6 Å². The highest BCUT2D eigenvalue weighted by Gasteiger charge is 2.43. The quantitative estimate of drug-likeness (QED) is 0.724. The number of alkyl halides is 3. The van der Waals surface area contributed by atoms with Gasteiger partial charge in [-0.3, -0.25) is 0 Å². The van der Waals surface area contributed by atoms with Crippen molar-refractivity contribution >= 4 is 5.69 Å². The largest absolute Gasteiger partial charge is 0.433 e. The van der Waals surface area contributed by atoms with Crippen LogP contribution in [0.4, 0.5) is 18.9 Å². The van der Waals surface area contributed by atoms with Gasteiger partial charge in [-0.1, -0.05) is 18.2 Å². The van der Waals surface area contributed by atoms with Gasteiger partial charge in [-0.2, -0.15) is 13.2 Å². The minimum Gasteiger partial charge on any atom is -0.353 e. The summed E-state index contributed by atoms with van der Waals surface area (Å²) in [7, 11) is 2.38. The van der Waals surface area contributed by atoms with Crippen molar-refractivity contribution in [3.8, 4) is 0 Å². The second-order valence-electron chi connectivity index (χ2n) is 3.08. The summed E-state index contributed by atoms with van der Waals surface area (Å²) >= 11 is 0. The predicted octanol–water partition coefficient (Wildman–Crippen LogP) is 2.66. The Hall–Kier alpha value is -1.23. The molecule has 0 N–H and O–H groups in total. The zero-order valence-corrected chi connectivity index (χ0v) is 8.45. The first-order valence-electron chi connectivity index (χ1n) is 4.34. The van der Waals surface area contributed by atoms with Crippen LogP contribution in [0.2, 0.25) is 0 Å². The normalized spacial score (nSPS) is 13.7. The van der Waals surface area contributed by atoms with Gasteiger partial charge in [0.05, 0.1) is 0 Å². The molecular formula is C10H12F3NO. The van der Waals surface area contributed by atoms with Crippen molar-refractivity contribution in [1.29, 1.82) is 0 Å². The molecule has 1 aromatic rings. The van der Waals surface area contributed by atoms with Crippen molar-refractivity contribution in [3.05, 3.63) is 30.3 Å². The summed E-state index contributed by atoms with van der Waals surface area (Å²) in [6, 6.07) is 8.28. The van der Waals surface area contributed by atoms with E-state index in [2.05, 4.69) is 4.74 Å². The summed E-state index contributed by atoms with van der Waals surface area (Å²) in [6.07, 6.45) is -6.32. The van der Waals surface area contributed by atoms with Crippen molar-refractivity contribution < 1.29 is 17.9 Å². The first kappa shape index (κ1) is 11.8. The van der Waals surface area contributed by atoms with Crippen LogP contribution in [0.25, 0.3) is 0 Å². The van der Waals surface area contributed by atoms with E-state index in [9.17, 15) is 13.2 Å². The summed E-state index contributed by atoms with van der Waals surface area (Å²) in [5.74, 6) is 0. The lowest BCUT2D eigenvalue weighted by Crippen LogP contribution is -2.45. The zero-order valence-electron chi connectivity index (χ0n) is 8.45. The molecule has 84 valence electrons. The van der Waals surface area contributed by atoms with Crippen LogP contribution in [0.3, 0.4) is 0 Å². The van der Waals surface area contributed by atoms with Gasteiger partial charge in [0.25, 0.3) is 0 Å². The van der Waals surface area contributed by atoms with Crippen LogP contribution >= 0.6 is 0 Å². The molecule has 0 bridgehead atoms. The van der Waals surface area contributed by atoms with Gasteiger partial charge in [-0.05, 0) is 12.1 Å². The van der Waals surface area contributed by atoms with E-state index in [4.69, 9.17) is 0 Å². The van der Waals surface area contributed by atoms with E-state index in [0.29, 0.717) is 5.69 Å². The van der Waals surface area contributed by atoms with E-state index in [1.54, 1.807) is 30.3 Å². The number of methoxy groups -OCH3 is 1. The first-order valence-corrected chi connectivity index (χ1v) is 4.34. The molecule has 1 aromatic carbocycles. The fourth-order valence-electron chi connectivity index (χ4n) is 1.31. The van der Waals surface area contributed by atoms with Crippen LogP contribution in [0.15, 0.2) is 30.3 Å². The van der Waals surface area contributed by atoms with Gasteiger partial charge in [0.15, 0.2) is 0 Å². The molecule has 0 saturated heterocycles. The van der Waals surface area contributed by atoms with Crippen LogP contribution in [-0.2, 0) is 4.74 Å². The molecule has 0 fully saturated rings. The highest BCUT2D eigenvalue weighted by atomic mass is 19.4. The lowest BCUT2D eigenvalue weighted by molar-refractivity contribution is -0.211. The molecule has 5 heteroatoms. The number of ether oxygens (including phenoxy) is 1. The van der Waals surface area contributed by atoms with Gasteiger partial charge in [-0.25, -0.2) is 0 Å². The third kappa shape index (κ3) is 2.86. The monoisotopic (exact) mass is 219 g/mol. The Morgan fingerprint density at radius 3 is 2.13 bits per heavy atom. The van der Waals surface area contributed by atoms with E-state index in [1.165, 1.54) is 7.05 Å². The Morgan fingerprint density at radius 1 is 1.20 bits per heavy atom. The van der Waals surface area contributed by atoms with Gasteiger partial charge in [0.2, 0.25) is 6.23 Å². The fraction of sp³-hybridized carbons (Fsp3) is 0.400. The van der Waals surface area contributed by atoms with E-state index in [1.807, 2.05) is 0 Å². The van der Waals surface area contributed by atoms with E-state index >= 15 is 0 Å². The number of hydrogen-bond donors (Lipinski definition) is 0. The Labute approximate surface area is 86.3 Å². The van der Waals surface area contributed by atoms with Gasteiger partial charge in [0.1, 0.15) is 0 Å². The summed E-state index contributed by atoms with van der Waals surface area (Å²) in [6.45, 7) is 0. The third-order valence-corrected chi connectivity index (χ3v) is 2.02. The molecule has 0 saturated carbocycles. The van der Waals surface area contributed by atoms with Crippen molar-refractivity contribution in [2.24, 2.45) is 0 Å². The topological polar surface area (TPSA) is 12.5 Å². The predicted molar refractivity (Wildman–Crippen MR) is 51.7 cm³/mol. The van der Waals surface area contributed by atoms with Crippen LogP contribution in [0.1, 0.15) is 0 Å². The SMILES string of the molecule is COC(N(C)c1ccccc1)C(F)(F)F. The van der Waals surface area contributed by atoms with Crippen LogP contribution < -0.4 is 4.90 Å². The molecule has 0 heterocycles. The zero-order chi connectivity index (χ0) is 11.5. The van der Waals surface area contributed by atoms with E-state index in [-0.39, 0.29) is 0 Å². The fourth-order valence-corrected chi connectivity index (χ4v) is 1.31. The van der Waals surface area contributed by atoms with Crippen molar-refractivity contribution in [3.63, 3.8) is 0 Å². The summed E-state index contributed by atoms with van der Waals surface area (Å²) in [5.41, 5.74) is 0.460. The van der Waals surface area contributed by atoms with Gasteiger partial charge >= 0.3 is 6.18 Å². The van der Waals surface area contributed by atoms with Gasteiger partial charge in [-0.15, -0.1) is 0 Å². The number of halogens is 3. The molecule has 0 radical (unpaired) electrons. The van der Waals surface area contributed by atoms with Gasteiger partial charge < -0.3 is 9.64 Å². The van der Waals surface area contributed by atoms with Crippen LogP contribution in [0.5, 0.6) is 0 Å². The molecule has 1 rings (SSSR count). The minimum absolute atomic E-state index is 0.460. The Kier molecular flexibility index (Phi) is 3.57. The highest BCUT2D eigenvalue weighted by Crippen LogP contribution is 2.27. The van der Waals surface area contributed by atoms with Gasteiger partial charge in [0, 0.05) is 19.8 Å². The lowest BCUT2D eigenvalue weighted by Gasteiger charge is -2.30. The molecule has 1 unspecified atom stereocenters. The summed E-state index contributed by atoms with van der Waals surface area (Å²) in [4.78, 5) is 1.04. The maximum absolute atomic E-state index is 12.5. The molecule has 0 aliphatic heterocycles. The van der Waals surface area contributed by atoms with E-state index < -0.39 is 12.4 Å². The minimum atomic E-state index is -4.40. The standard InChI is InChI=1S/C10H12F3NO/c1-14(8-6-4-3-5-7-8)9(15-2)10(11,12)13/h3-7,9H,1-2H3. The van der Waals surface area contributed by atoms with Crippen molar-refractivity contribution in [1.82, 2.24) is 0 Å². The summed E-state index contributed by atoms with van der Waals surface area (Å²) in [5, 5.41) is 0. The molecular weight excluding hydrogens is 207 g/mol. The number of rotatable bonds is 3. The maximum Gasteiger partial charge on any atom is 0.433 e. The smallest absolute Gasteiger partial charge is 0.353 e. The average molecular weight is 219 g/mol. The molecule has 2 nitrogen and oxygen atoms in total. The number of nitrogens with zero attached hydrogens (tertiary/aromatic N) is 1. The Morgan fingerprint density at radius 2 is 1.73 bits per heavy atom. The Bertz CT molecular complexity index is 299. The van der Waals surface area contributed by atoms with Crippen LogP contribution in [0, 0.1) is 0 Å². The third-order valence-electron chi connectivity index (χ3n) is 2.02. The lowest BCUT2D eigenvalue weighted by atomic mass is 10.3. The Balaban J connectivity index is 2.88. The maximum atomic E-state index is 12.5. The molecule has 0 aliphatic carbocycles. The average Bonchev–Trinajstić information content (AvgIpc) is 2.18. The summed E-state index contributed by atoms with van der Waals surface area (Å²) < 4.78 is 41.9. The van der Waals surface area contributed by atoms with E-state index in [0.717, 1.165) is 12.0 Å². The number of benzene rings is 1. The highest BCUT2D eigenvalue weighted by molar-refractivity contribution is 5.45. The molecule has 15 heavy (non-hydrogen) atoms. The number of hydrogen-bond acceptors (Lipinski definition) is 2. The number of para-hydroxylation sites is 1. The molecule has 0 amide bonds. The van der Waals surface area contributed by atoms with Crippen molar-refractivity contribution in [2.75, 3.05) is 19.1 Å². The molecule has 0 aromatic heterocycles. The molecule has 0 spiro atoms.